The summed E-state index contributed by atoms with van der Waals surface area (Å²) in [4.78, 5) is 15.6. The molecule has 0 aromatic heterocycles. The van der Waals surface area contributed by atoms with Gasteiger partial charge in [-0.05, 0) is 78.4 Å². The van der Waals surface area contributed by atoms with Crippen LogP contribution in [0.15, 0.2) is 71.6 Å². The van der Waals surface area contributed by atoms with Crippen molar-refractivity contribution in [3.05, 3.63) is 94.5 Å². The van der Waals surface area contributed by atoms with E-state index in [0.29, 0.717) is 49.1 Å². The summed E-state index contributed by atoms with van der Waals surface area (Å²) < 4.78 is 32.9. The van der Waals surface area contributed by atoms with E-state index in [2.05, 4.69) is 30.1 Å². The predicted molar refractivity (Wildman–Crippen MR) is 155 cm³/mol. The molecular weight excluding hydrogens is 510 g/mol. The number of aryl methyl sites for hydroxylation is 1. The first kappa shape index (κ1) is 28.8. The maximum absolute atomic E-state index is 13.0. The second-order valence-electron chi connectivity index (χ2n) is 10.5. The number of methoxy groups -OCH3 is 1. The Morgan fingerprint density at radius 2 is 1.56 bits per heavy atom. The molecule has 0 saturated carbocycles. The number of amides is 1. The largest absolute Gasteiger partial charge is 0.496 e. The molecule has 4 rings (SSSR count). The zero-order valence-electron chi connectivity index (χ0n) is 23.5. The highest BCUT2D eigenvalue weighted by Crippen LogP contribution is 2.32. The fraction of sp³-hybridized carbons (Fsp3) is 0.387. The summed E-state index contributed by atoms with van der Waals surface area (Å²) in [6.07, 6.45) is 0. The first-order chi connectivity index (χ1) is 18.6. The molecule has 1 heterocycles. The highest BCUT2D eigenvalue weighted by Gasteiger charge is 2.28. The normalized spacial score (nSPS) is 15.7. The van der Waals surface area contributed by atoms with E-state index >= 15 is 0 Å². The van der Waals surface area contributed by atoms with Crippen LogP contribution in [0.1, 0.15) is 65.3 Å². The van der Waals surface area contributed by atoms with Crippen molar-refractivity contribution in [2.24, 2.45) is 0 Å². The molecule has 7 nitrogen and oxygen atoms in total. The van der Waals surface area contributed by atoms with E-state index in [9.17, 15) is 13.2 Å². The molecule has 1 amide bonds. The predicted octanol–water partition coefficient (Wildman–Crippen LogP) is 5.12. The van der Waals surface area contributed by atoms with Gasteiger partial charge in [0.25, 0.3) is 5.91 Å². The minimum Gasteiger partial charge on any atom is -0.496 e. The molecule has 0 bridgehead atoms. The van der Waals surface area contributed by atoms with Crippen molar-refractivity contribution < 1.29 is 17.9 Å². The second-order valence-corrected chi connectivity index (χ2v) is 12.4. The molecular formula is C31H39N3O4S. The van der Waals surface area contributed by atoms with Crippen molar-refractivity contribution in [3.63, 3.8) is 0 Å². The summed E-state index contributed by atoms with van der Waals surface area (Å²) in [5.74, 6) is 1.07. The maximum atomic E-state index is 13.0. The van der Waals surface area contributed by atoms with Crippen LogP contribution in [-0.4, -0.2) is 56.8 Å². The minimum absolute atomic E-state index is 0.116. The molecule has 0 spiro atoms. The summed E-state index contributed by atoms with van der Waals surface area (Å²) >= 11 is 0. The van der Waals surface area contributed by atoms with Gasteiger partial charge in [-0.1, -0.05) is 44.2 Å². The molecule has 0 aliphatic carbocycles. The van der Waals surface area contributed by atoms with Crippen molar-refractivity contribution in [2.45, 2.75) is 51.1 Å². The van der Waals surface area contributed by atoms with E-state index in [4.69, 9.17) is 4.74 Å². The molecule has 1 aliphatic heterocycles. The monoisotopic (exact) mass is 549 g/mol. The lowest BCUT2D eigenvalue weighted by Gasteiger charge is -2.34. The summed E-state index contributed by atoms with van der Waals surface area (Å²) in [7, 11) is -1.77. The third kappa shape index (κ3) is 6.69. The molecule has 3 aromatic rings. The molecule has 1 fully saturated rings. The number of carbonyl (C=O) groups excluding carboxylic acids is 1. The van der Waals surface area contributed by atoms with Gasteiger partial charge in [0.2, 0.25) is 10.0 Å². The Labute approximate surface area is 232 Å². The SMILES string of the molecule is COc1cc(C)c(C(C)NC(=O)c2ccc(CN3CCN(S(=O)(=O)c4ccccc4)CC3)cc2)cc1C(C)C. The average Bonchev–Trinajstić information content (AvgIpc) is 2.93. The lowest BCUT2D eigenvalue weighted by atomic mass is 9.93. The summed E-state index contributed by atoms with van der Waals surface area (Å²) in [6.45, 7) is 11.2. The number of hydrogen-bond donors (Lipinski definition) is 1. The number of rotatable bonds is 9. The molecule has 1 unspecified atom stereocenters. The van der Waals surface area contributed by atoms with Gasteiger partial charge in [-0.2, -0.15) is 4.31 Å². The van der Waals surface area contributed by atoms with Gasteiger partial charge < -0.3 is 10.1 Å². The zero-order valence-corrected chi connectivity index (χ0v) is 24.3. The highest BCUT2D eigenvalue weighted by atomic mass is 32.2. The van der Waals surface area contributed by atoms with Gasteiger partial charge in [-0.3, -0.25) is 9.69 Å². The number of nitrogens with one attached hydrogen (secondary N) is 1. The average molecular weight is 550 g/mol. The Morgan fingerprint density at radius 3 is 2.15 bits per heavy atom. The first-order valence-electron chi connectivity index (χ1n) is 13.5. The number of carbonyl (C=O) groups is 1. The molecule has 1 N–H and O–H groups in total. The van der Waals surface area contributed by atoms with Crippen molar-refractivity contribution >= 4 is 15.9 Å². The first-order valence-corrected chi connectivity index (χ1v) is 14.9. The molecule has 1 saturated heterocycles. The Morgan fingerprint density at radius 1 is 0.923 bits per heavy atom. The molecule has 8 heteroatoms. The van der Waals surface area contributed by atoms with Gasteiger partial charge in [-0.25, -0.2) is 8.42 Å². The third-order valence-corrected chi connectivity index (χ3v) is 9.30. The van der Waals surface area contributed by atoms with Gasteiger partial charge in [0, 0.05) is 38.3 Å². The topological polar surface area (TPSA) is 79.0 Å². The summed E-state index contributed by atoms with van der Waals surface area (Å²) in [5, 5.41) is 3.14. The van der Waals surface area contributed by atoms with Crippen LogP contribution >= 0.6 is 0 Å². The van der Waals surface area contributed by atoms with Crippen LogP contribution in [0.3, 0.4) is 0 Å². The Bertz CT molecular complexity index is 1380. The van der Waals surface area contributed by atoms with Gasteiger partial charge in [-0.15, -0.1) is 0 Å². The van der Waals surface area contributed by atoms with E-state index < -0.39 is 10.0 Å². The zero-order chi connectivity index (χ0) is 28.2. The molecule has 3 aromatic carbocycles. The van der Waals surface area contributed by atoms with Crippen LogP contribution in [0.4, 0.5) is 0 Å². The third-order valence-electron chi connectivity index (χ3n) is 7.39. The van der Waals surface area contributed by atoms with Crippen LogP contribution in [0.25, 0.3) is 0 Å². The number of hydrogen-bond acceptors (Lipinski definition) is 5. The van der Waals surface area contributed by atoms with Gasteiger partial charge in [0.15, 0.2) is 0 Å². The van der Waals surface area contributed by atoms with Crippen molar-refractivity contribution in [1.29, 1.82) is 0 Å². The van der Waals surface area contributed by atoms with Crippen LogP contribution in [0.5, 0.6) is 5.75 Å². The molecule has 1 aliphatic rings. The van der Waals surface area contributed by atoms with Crippen LogP contribution in [0, 0.1) is 6.92 Å². The van der Waals surface area contributed by atoms with E-state index in [-0.39, 0.29) is 11.9 Å². The maximum Gasteiger partial charge on any atom is 0.251 e. The second kappa shape index (κ2) is 12.3. The number of sulfonamides is 1. The number of nitrogens with zero attached hydrogens (tertiary/aromatic N) is 2. The fourth-order valence-electron chi connectivity index (χ4n) is 5.06. The number of piperazine rings is 1. The van der Waals surface area contributed by atoms with Crippen LogP contribution in [-0.2, 0) is 16.6 Å². The van der Waals surface area contributed by atoms with Crippen molar-refractivity contribution in [1.82, 2.24) is 14.5 Å². The summed E-state index contributed by atoms with van der Waals surface area (Å²) in [5.41, 5.74) is 4.99. The van der Waals surface area contributed by atoms with E-state index in [1.165, 1.54) is 0 Å². The van der Waals surface area contributed by atoms with Crippen LogP contribution < -0.4 is 10.1 Å². The Hall–Kier alpha value is -3.20. The number of ether oxygens (including phenoxy) is 1. The summed E-state index contributed by atoms with van der Waals surface area (Å²) in [6, 6.07) is 20.3. The van der Waals surface area contributed by atoms with Gasteiger partial charge in [0.1, 0.15) is 5.75 Å². The highest BCUT2D eigenvalue weighted by molar-refractivity contribution is 7.89. The minimum atomic E-state index is -3.46. The van der Waals surface area contributed by atoms with Crippen molar-refractivity contribution in [2.75, 3.05) is 33.3 Å². The number of benzene rings is 3. The molecule has 1 atom stereocenters. The van der Waals surface area contributed by atoms with E-state index in [0.717, 1.165) is 28.0 Å². The van der Waals surface area contributed by atoms with E-state index in [1.54, 1.807) is 35.7 Å². The van der Waals surface area contributed by atoms with Crippen LogP contribution in [0.2, 0.25) is 0 Å². The lowest BCUT2D eigenvalue weighted by molar-refractivity contribution is 0.0939. The quantitative estimate of drug-likeness (QED) is 0.401. The molecule has 39 heavy (non-hydrogen) atoms. The van der Waals surface area contributed by atoms with Gasteiger partial charge >= 0.3 is 0 Å². The fourth-order valence-corrected chi connectivity index (χ4v) is 6.50. The Balaban J connectivity index is 1.33. The Kier molecular flexibility index (Phi) is 9.10. The van der Waals surface area contributed by atoms with Crippen molar-refractivity contribution in [3.8, 4) is 5.75 Å². The standard InChI is InChI=1S/C31H39N3O4S/c1-22(2)28-20-29(23(3)19-30(28)38-5)24(4)32-31(35)26-13-11-25(12-14-26)21-33-15-17-34(18-16-33)39(36,37)27-9-7-6-8-10-27/h6-14,19-20,22,24H,15-18,21H2,1-5H3,(H,32,35). The lowest BCUT2D eigenvalue weighted by Crippen LogP contribution is -2.48. The smallest absolute Gasteiger partial charge is 0.251 e. The van der Waals surface area contributed by atoms with E-state index in [1.807, 2.05) is 50.2 Å². The molecule has 0 radical (unpaired) electrons. The molecule has 208 valence electrons. The van der Waals surface area contributed by atoms with Gasteiger partial charge in [0.05, 0.1) is 18.0 Å².